The number of urea groups is 1. The van der Waals surface area contributed by atoms with Crippen molar-refractivity contribution in [2.45, 2.75) is 57.9 Å². The number of nitrogens with one attached hydrogen (secondary N) is 2. The molecule has 0 bridgehead atoms. The summed E-state index contributed by atoms with van der Waals surface area (Å²) >= 11 is 0. The van der Waals surface area contributed by atoms with Gasteiger partial charge in [-0.1, -0.05) is 25.7 Å². The van der Waals surface area contributed by atoms with Crippen LogP contribution in [0.3, 0.4) is 0 Å². The smallest absolute Gasteiger partial charge is 0.315 e. The fourth-order valence-electron chi connectivity index (χ4n) is 3.03. The van der Waals surface area contributed by atoms with E-state index in [0.29, 0.717) is 13.0 Å². The monoisotopic (exact) mass is 268 g/mol. The number of rotatable bonds is 5. The number of carboxylic acid groups (broad SMARTS) is 1. The minimum Gasteiger partial charge on any atom is -0.481 e. The third kappa shape index (κ3) is 3.19. The maximum Gasteiger partial charge on any atom is 0.315 e. The Bertz CT molecular complexity index is 355. The van der Waals surface area contributed by atoms with Crippen LogP contribution in [0.15, 0.2) is 0 Å². The number of aliphatic carboxylic acids is 1. The Balaban J connectivity index is 1.73. The van der Waals surface area contributed by atoms with Crippen molar-refractivity contribution in [1.82, 2.24) is 10.6 Å². The molecule has 0 heterocycles. The van der Waals surface area contributed by atoms with Gasteiger partial charge >= 0.3 is 12.0 Å². The Kier molecular flexibility index (Phi) is 4.32. The number of carbonyl (C=O) groups excluding carboxylic acids is 1. The average molecular weight is 268 g/mol. The first-order valence-corrected chi connectivity index (χ1v) is 7.30. The first-order valence-electron chi connectivity index (χ1n) is 7.30. The molecule has 2 aliphatic carbocycles. The van der Waals surface area contributed by atoms with E-state index in [-0.39, 0.29) is 12.1 Å². The number of hydrogen-bond donors (Lipinski definition) is 3. The molecule has 0 aromatic carbocycles. The van der Waals surface area contributed by atoms with Crippen molar-refractivity contribution in [2.75, 3.05) is 6.54 Å². The van der Waals surface area contributed by atoms with Gasteiger partial charge in [0.15, 0.2) is 0 Å². The molecule has 19 heavy (non-hydrogen) atoms. The molecule has 2 saturated carbocycles. The Hall–Kier alpha value is -1.26. The molecule has 0 radical (unpaired) electrons. The lowest BCUT2D eigenvalue weighted by Gasteiger charge is -2.28. The summed E-state index contributed by atoms with van der Waals surface area (Å²) in [6.07, 6.45) is 7.15. The molecular formula is C14H24N2O3. The molecule has 0 saturated heterocycles. The fraction of sp³-hybridized carbons (Fsp3) is 0.857. The summed E-state index contributed by atoms with van der Waals surface area (Å²) in [7, 11) is 0. The van der Waals surface area contributed by atoms with Gasteiger partial charge in [-0.25, -0.2) is 4.79 Å². The maximum atomic E-state index is 11.8. The molecule has 0 aromatic heterocycles. The van der Waals surface area contributed by atoms with Crippen molar-refractivity contribution in [2.24, 2.45) is 11.3 Å². The Morgan fingerprint density at radius 2 is 2.00 bits per heavy atom. The van der Waals surface area contributed by atoms with Crippen LogP contribution in [0.5, 0.6) is 0 Å². The van der Waals surface area contributed by atoms with Crippen LogP contribution in [0, 0.1) is 11.3 Å². The topological polar surface area (TPSA) is 78.4 Å². The van der Waals surface area contributed by atoms with Gasteiger partial charge < -0.3 is 15.7 Å². The number of amides is 2. The quantitative estimate of drug-likeness (QED) is 0.714. The van der Waals surface area contributed by atoms with Crippen LogP contribution in [-0.4, -0.2) is 29.7 Å². The van der Waals surface area contributed by atoms with Gasteiger partial charge in [-0.05, 0) is 32.1 Å². The summed E-state index contributed by atoms with van der Waals surface area (Å²) in [6, 6.07) is -0.479. The van der Waals surface area contributed by atoms with Crippen LogP contribution in [0.2, 0.25) is 0 Å². The van der Waals surface area contributed by atoms with Crippen molar-refractivity contribution in [1.29, 1.82) is 0 Å². The van der Waals surface area contributed by atoms with Gasteiger partial charge in [0.1, 0.15) is 0 Å². The largest absolute Gasteiger partial charge is 0.481 e. The van der Waals surface area contributed by atoms with E-state index >= 15 is 0 Å². The Morgan fingerprint density at radius 3 is 2.58 bits per heavy atom. The van der Waals surface area contributed by atoms with E-state index in [1.807, 2.05) is 0 Å². The van der Waals surface area contributed by atoms with Crippen LogP contribution in [0.1, 0.15) is 51.9 Å². The second kappa shape index (κ2) is 5.80. The molecule has 2 aliphatic rings. The maximum absolute atomic E-state index is 11.8. The molecule has 5 nitrogen and oxygen atoms in total. The van der Waals surface area contributed by atoms with Gasteiger partial charge in [-0.15, -0.1) is 0 Å². The standard InChI is InChI=1S/C14H24N2O3/c1-14(12(17)18)8-3-6-11(14)16-13(19)15-9-7-10-4-2-5-10/h10-11H,2-9H2,1H3,(H,17,18)(H2,15,16,19). The third-order valence-electron chi connectivity index (χ3n) is 4.81. The SMILES string of the molecule is CC1(C(=O)O)CCCC1NC(=O)NCCC1CCC1. The summed E-state index contributed by atoms with van der Waals surface area (Å²) in [5, 5.41) is 14.9. The first-order chi connectivity index (χ1) is 9.02. The van der Waals surface area contributed by atoms with Crippen molar-refractivity contribution in [3.05, 3.63) is 0 Å². The van der Waals surface area contributed by atoms with E-state index in [9.17, 15) is 14.7 Å². The summed E-state index contributed by atoms with van der Waals surface area (Å²) in [6.45, 7) is 2.41. The third-order valence-corrected chi connectivity index (χ3v) is 4.81. The molecule has 2 fully saturated rings. The minimum atomic E-state index is -0.815. The zero-order chi connectivity index (χ0) is 13.9. The first kappa shape index (κ1) is 14.2. The van der Waals surface area contributed by atoms with Gasteiger partial charge in [0.2, 0.25) is 0 Å². The molecule has 2 unspecified atom stereocenters. The predicted molar refractivity (Wildman–Crippen MR) is 71.9 cm³/mol. The second-order valence-corrected chi connectivity index (χ2v) is 6.15. The highest BCUT2D eigenvalue weighted by Crippen LogP contribution is 2.38. The molecule has 2 amide bonds. The van der Waals surface area contributed by atoms with Crippen LogP contribution >= 0.6 is 0 Å². The van der Waals surface area contributed by atoms with Crippen LogP contribution in [0.25, 0.3) is 0 Å². The molecule has 3 N–H and O–H groups in total. The van der Waals surface area contributed by atoms with E-state index in [1.54, 1.807) is 6.92 Å². The summed E-state index contributed by atoms with van der Waals surface area (Å²) in [4.78, 5) is 23.1. The molecule has 5 heteroatoms. The second-order valence-electron chi connectivity index (χ2n) is 6.15. The minimum absolute atomic E-state index is 0.223. The lowest BCUT2D eigenvalue weighted by Crippen LogP contribution is -2.50. The molecule has 2 atom stereocenters. The van der Waals surface area contributed by atoms with Crippen molar-refractivity contribution in [3.8, 4) is 0 Å². The number of hydrogen-bond acceptors (Lipinski definition) is 2. The highest BCUT2D eigenvalue weighted by Gasteiger charge is 2.45. The normalized spacial score (nSPS) is 30.7. The number of carbonyl (C=O) groups is 2. The van der Waals surface area contributed by atoms with Gasteiger partial charge in [-0.2, -0.15) is 0 Å². The van der Waals surface area contributed by atoms with E-state index in [1.165, 1.54) is 19.3 Å². The zero-order valence-corrected chi connectivity index (χ0v) is 11.6. The molecule has 108 valence electrons. The predicted octanol–water partition coefficient (Wildman–Crippen LogP) is 2.12. The fourth-order valence-corrected chi connectivity index (χ4v) is 3.03. The molecule has 0 aliphatic heterocycles. The summed E-state index contributed by atoms with van der Waals surface area (Å²) < 4.78 is 0. The lowest BCUT2D eigenvalue weighted by molar-refractivity contribution is -0.148. The van der Waals surface area contributed by atoms with Gasteiger partial charge in [0.05, 0.1) is 5.41 Å². The van der Waals surface area contributed by atoms with Crippen molar-refractivity contribution in [3.63, 3.8) is 0 Å². The van der Waals surface area contributed by atoms with Crippen LogP contribution < -0.4 is 10.6 Å². The van der Waals surface area contributed by atoms with Gasteiger partial charge in [0, 0.05) is 12.6 Å². The highest BCUT2D eigenvalue weighted by molar-refractivity contribution is 5.79. The Labute approximate surface area is 114 Å². The van der Waals surface area contributed by atoms with Crippen LogP contribution in [-0.2, 0) is 4.79 Å². The van der Waals surface area contributed by atoms with Crippen molar-refractivity contribution < 1.29 is 14.7 Å². The zero-order valence-electron chi connectivity index (χ0n) is 11.6. The molecule has 2 rings (SSSR count). The number of carboxylic acids is 1. The molecular weight excluding hydrogens is 244 g/mol. The summed E-state index contributed by atoms with van der Waals surface area (Å²) in [5.74, 6) is -0.0409. The van der Waals surface area contributed by atoms with Gasteiger partial charge in [-0.3, -0.25) is 4.79 Å². The van der Waals surface area contributed by atoms with Crippen LogP contribution in [0.4, 0.5) is 4.79 Å². The highest BCUT2D eigenvalue weighted by atomic mass is 16.4. The lowest BCUT2D eigenvalue weighted by atomic mass is 9.83. The average Bonchev–Trinajstić information content (AvgIpc) is 2.65. The van der Waals surface area contributed by atoms with E-state index < -0.39 is 11.4 Å². The van der Waals surface area contributed by atoms with E-state index in [2.05, 4.69) is 10.6 Å². The van der Waals surface area contributed by atoms with Crippen molar-refractivity contribution >= 4 is 12.0 Å². The van der Waals surface area contributed by atoms with Gasteiger partial charge in [0.25, 0.3) is 0 Å². The van der Waals surface area contributed by atoms with E-state index in [0.717, 1.165) is 25.2 Å². The molecule has 0 spiro atoms. The Morgan fingerprint density at radius 1 is 1.26 bits per heavy atom. The molecule has 0 aromatic rings. The summed E-state index contributed by atoms with van der Waals surface area (Å²) in [5.41, 5.74) is -0.814. The van der Waals surface area contributed by atoms with E-state index in [4.69, 9.17) is 0 Å².